The Balaban J connectivity index is 1.78. The van der Waals surface area contributed by atoms with Gasteiger partial charge in [-0.15, -0.1) is 11.8 Å². The van der Waals surface area contributed by atoms with Crippen LogP contribution in [0.1, 0.15) is 26.7 Å². The number of alkyl halides is 3. The highest BCUT2D eigenvalue weighted by atomic mass is 32.2. The number of nitrogens with one attached hydrogen (secondary N) is 1. The largest absolute Gasteiger partial charge is 0.408 e. The summed E-state index contributed by atoms with van der Waals surface area (Å²) in [6, 6.07) is 3.58. The number of anilines is 2. The summed E-state index contributed by atoms with van der Waals surface area (Å²) in [5.41, 5.74) is 1.07. The number of nitrogens with zero attached hydrogens (tertiary/aromatic N) is 4. The molecule has 2 aromatic heterocycles. The second-order valence-electron chi connectivity index (χ2n) is 7.24. The van der Waals surface area contributed by atoms with Crippen LogP contribution in [0.15, 0.2) is 30.6 Å². The summed E-state index contributed by atoms with van der Waals surface area (Å²) >= 11 is 1.43. The van der Waals surface area contributed by atoms with Gasteiger partial charge in [0.1, 0.15) is 11.9 Å². The molecule has 6 nitrogen and oxygen atoms in total. The molecule has 0 saturated carbocycles. The highest BCUT2D eigenvalue weighted by molar-refractivity contribution is 8.00. The molecular formula is C19H22F3N5OS. The number of thioether (sulfide) groups is 1. The number of carbonyl (C=O) groups is 1. The predicted molar refractivity (Wildman–Crippen MR) is 108 cm³/mol. The normalized spacial score (nSPS) is 17.4. The summed E-state index contributed by atoms with van der Waals surface area (Å²) in [6.07, 6.45) is 0.945. The van der Waals surface area contributed by atoms with Gasteiger partial charge in [-0.1, -0.05) is 6.07 Å². The summed E-state index contributed by atoms with van der Waals surface area (Å²) in [5.74, 6) is 0.267. The molecule has 0 bridgehead atoms. The van der Waals surface area contributed by atoms with E-state index in [4.69, 9.17) is 0 Å². The highest BCUT2D eigenvalue weighted by Gasteiger charge is 2.46. The minimum absolute atomic E-state index is 0.0459. The van der Waals surface area contributed by atoms with E-state index in [1.54, 1.807) is 18.2 Å². The van der Waals surface area contributed by atoms with Crippen molar-refractivity contribution in [3.63, 3.8) is 0 Å². The van der Waals surface area contributed by atoms with Gasteiger partial charge in [-0.05, 0) is 45.1 Å². The first-order valence-corrected chi connectivity index (χ1v) is 10.3. The van der Waals surface area contributed by atoms with Crippen molar-refractivity contribution in [3.8, 4) is 11.3 Å². The zero-order valence-corrected chi connectivity index (χ0v) is 17.1. The molecule has 0 aromatic carbocycles. The van der Waals surface area contributed by atoms with Crippen molar-refractivity contribution in [3.05, 3.63) is 30.6 Å². The molecule has 1 saturated heterocycles. The molecule has 1 aliphatic heterocycles. The average molecular weight is 425 g/mol. The van der Waals surface area contributed by atoms with Crippen molar-refractivity contribution in [2.75, 3.05) is 23.0 Å². The maximum Gasteiger partial charge on any atom is 0.408 e. The Kier molecular flexibility index (Phi) is 6.02. The van der Waals surface area contributed by atoms with Gasteiger partial charge in [-0.25, -0.2) is 15.0 Å². The lowest BCUT2D eigenvalue weighted by Crippen LogP contribution is -2.42. The summed E-state index contributed by atoms with van der Waals surface area (Å²) in [6.45, 7) is 3.90. The van der Waals surface area contributed by atoms with E-state index in [-0.39, 0.29) is 24.8 Å². The zero-order chi connectivity index (χ0) is 21.2. The van der Waals surface area contributed by atoms with E-state index in [1.807, 2.05) is 20.1 Å². The van der Waals surface area contributed by atoms with Crippen LogP contribution in [-0.4, -0.2) is 50.6 Å². The van der Waals surface area contributed by atoms with E-state index >= 15 is 0 Å². The summed E-state index contributed by atoms with van der Waals surface area (Å²) in [4.78, 5) is 26.2. The summed E-state index contributed by atoms with van der Waals surface area (Å²) < 4.78 is 38.9. The Morgan fingerprint density at radius 2 is 1.93 bits per heavy atom. The van der Waals surface area contributed by atoms with Crippen molar-refractivity contribution >= 4 is 29.4 Å². The van der Waals surface area contributed by atoms with E-state index in [1.165, 1.54) is 29.1 Å². The number of amides is 1. The van der Waals surface area contributed by atoms with Gasteiger partial charge < -0.3 is 10.2 Å². The Bertz CT molecular complexity index is 873. The van der Waals surface area contributed by atoms with E-state index in [0.717, 1.165) is 0 Å². The number of carbonyl (C=O) groups excluding carboxylic acids is 1. The molecule has 0 radical (unpaired) electrons. The lowest BCUT2D eigenvalue weighted by atomic mass is 10.2. The molecule has 1 fully saturated rings. The topological polar surface area (TPSA) is 71.0 Å². The number of pyridine rings is 1. The first-order valence-electron chi connectivity index (χ1n) is 9.11. The fraction of sp³-hybridized carbons (Fsp3) is 0.474. The minimum Gasteiger partial charge on any atom is -0.329 e. The summed E-state index contributed by atoms with van der Waals surface area (Å²) in [7, 11) is 0. The van der Waals surface area contributed by atoms with Crippen LogP contribution in [0.3, 0.4) is 0 Å². The maximum absolute atomic E-state index is 13.2. The molecule has 2 aromatic rings. The van der Waals surface area contributed by atoms with Crippen LogP contribution in [0.2, 0.25) is 0 Å². The van der Waals surface area contributed by atoms with Gasteiger partial charge in [-0.2, -0.15) is 13.2 Å². The first-order chi connectivity index (χ1) is 13.6. The first kappa shape index (κ1) is 21.4. The fourth-order valence-electron chi connectivity index (χ4n) is 2.97. The van der Waals surface area contributed by atoms with Crippen molar-refractivity contribution in [2.45, 2.75) is 43.7 Å². The molecule has 0 spiro atoms. The minimum atomic E-state index is -4.31. The molecule has 1 aliphatic rings. The van der Waals surface area contributed by atoms with Crippen molar-refractivity contribution < 1.29 is 18.0 Å². The molecule has 0 aliphatic carbocycles. The number of rotatable bonds is 5. The van der Waals surface area contributed by atoms with Crippen LogP contribution < -0.4 is 10.2 Å². The number of aromatic nitrogens is 3. The third-order valence-electron chi connectivity index (χ3n) is 4.87. The van der Waals surface area contributed by atoms with E-state index in [2.05, 4.69) is 20.3 Å². The smallest absolute Gasteiger partial charge is 0.329 e. The number of halogens is 3. The molecular weight excluding hydrogens is 403 g/mol. The van der Waals surface area contributed by atoms with Crippen molar-refractivity contribution in [1.82, 2.24) is 15.0 Å². The van der Waals surface area contributed by atoms with Crippen LogP contribution in [0.4, 0.5) is 24.9 Å². The van der Waals surface area contributed by atoms with Gasteiger partial charge in [-0.3, -0.25) is 4.79 Å². The van der Waals surface area contributed by atoms with Crippen LogP contribution in [0.5, 0.6) is 0 Å². The summed E-state index contributed by atoms with van der Waals surface area (Å²) in [5, 5.41) is 2.78. The molecule has 0 unspecified atom stereocenters. The second-order valence-corrected chi connectivity index (χ2v) is 8.67. The molecule has 1 atom stereocenters. The standard InChI is InChI=1S/C19H22F3N5OS/c1-18(2,29-3)16(28)26-15-8-4-6-13(25-15)12-10-23-17(24-11-12)27-9-5-7-14(27)19(20,21)22/h4,6,8,10-11,14H,5,7,9H2,1-3H3,(H,25,26,28)/t14-/m0/s1. The van der Waals surface area contributed by atoms with Crippen molar-refractivity contribution in [2.24, 2.45) is 0 Å². The van der Waals surface area contributed by atoms with Crippen molar-refractivity contribution in [1.29, 1.82) is 0 Å². The monoisotopic (exact) mass is 425 g/mol. The number of hydrogen-bond donors (Lipinski definition) is 1. The molecule has 10 heteroatoms. The van der Waals surface area contributed by atoms with E-state index in [0.29, 0.717) is 23.5 Å². The Hall–Kier alpha value is -2.36. The van der Waals surface area contributed by atoms with E-state index in [9.17, 15) is 18.0 Å². The third kappa shape index (κ3) is 4.80. The SMILES string of the molecule is CSC(C)(C)C(=O)Nc1cccc(-c2cnc(N3CCC[C@H]3C(F)(F)F)nc2)n1. The maximum atomic E-state index is 13.2. The van der Waals surface area contributed by atoms with Gasteiger partial charge in [0.25, 0.3) is 0 Å². The lowest BCUT2D eigenvalue weighted by molar-refractivity contribution is -0.146. The van der Waals surface area contributed by atoms with Crippen LogP contribution in [-0.2, 0) is 4.79 Å². The van der Waals surface area contributed by atoms with Gasteiger partial charge in [0.15, 0.2) is 0 Å². The second kappa shape index (κ2) is 8.17. The Morgan fingerprint density at radius 1 is 1.24 bits per heavy atom. The molecule has 29 heavy (non-hydrogen) atoms. The van der Waals surface area contributed by atoms with Crippen LogP contribution in [0.25, 0.3) is 11.3 Å². The van der Waals surface area contributed by atoms with Gasteiger partial charge >= 0.3 is 6.18 Å². The highest BCUT2D eigenvalue weighted by Crippen LogP contribution is 2.34. The lowest BCUT2D eigenvalue weighted by Gasteiger charge is -2.26. The molecule has 1 amide bonds. The van der Waals surface area contributed by atoms with E-state index < -0.39 is 17.0 Å². The number of hydrogen-bond acceptors (Lipinski definition) is 6. The van der Waals surface area contributed by atoms with Gasteiger partial charge in [0.2, 0.25) is 11.9 Å². The molecule has 156 valence electrons. The molecule has 3 heterocycles. The Morgan fingerprint density at radius 3 is 2.55 bits per heavy atom. The quantitative estimate of drug-likeness (QED) is 0.776. The van der Waals surface area contributed by atoms with Gasteiger partial charge in [0, 0.05) is 24.5 Å². The predicted octanol–water partition coefficient (Wildman–Crippen LogP) is 4.15. The Labute approximate surface area is 171 Å². The third-order valence-corrected chi connectivity index (χ3v) is 6.08. The average Bonchev–Trinajstić information content (AvgIpc) is 3.19. The zero-order valence-electron chi connectivity index (χ0n) is 16.3. The van der Waals surface area contributed by atoms with Gasteiger partial charge in [0.05, 0.1) is 10.4 Å². The van der Waals surface area contributed by atoms with Crippen LogP contribution in [0, 0.1) is 0 Å². The molecule has 3 rings (SSSR count). The molecule has 1 N–H and O–H groups in total. The van der Waals surface area contributed by atoms with Crippen LogP contribution >= 0.6 is 11.8 Å². The fourth-order valence-corrected chi connectivity index (χ4v) is 3.21.